The lowest BCUT2D eigenvalue weighted by atomic mass is 10.1. The fourth-order valence-electron chi connectivity index (χ4n) is 0.744. The Hall–Kier alpha value is -1.06. The largest absolute Gasteiger partial charge is 0.378 e. The minimum absolute atomic E-state index is 0.138. The van der Waals surface area contributed by atoms with Crippen molar-refractivity contribution >= 4 is 11.7 Å². The van der Waals surface area contributed by atoms with Crippen LogP contribution in [0.1, 0.15) is 27.7 Å². The van der Waals surface area contributed by atoms with Crippen molar-refractivity contribution in [1.29, 1.82) is 0 Å². The molecule has 0 unspecified atom stereocenters. The number of rotatable bonds is 1. The molecule has 1 rings (SSSR count). The number of hydrogen-bond acceptors (Lipinski definition) is 3. The van der Waals surface area contributed by atoms with Gasteiger partial charge in [-0.3, -0.25) is 4.79 Å². The first-order valence-electron chi connectivity index (χ1n) is 4.01. The first-order valence-corrected chi connectivity index (χ1v) is 4.01. The van der Waals surface area contributed by atoms with Gasteiger partial charge in [0.1, 0.15) is 0 Å². The molecule has 0 aliphatic carbocycles. The molecule has 0 saturated heterocycles. The van der Waals surface area contributed by atoms with Gasteiger partial charge in [0.25, 0.3) is 5.91 Å². The van der Waals surface area contributed by atoms with Gasteiger partial charge >= 0.3 is 0 Å². The van der Waals surface area contributed by atoms with Crippen molar-refractivity contribution in [2.75, 3.05) is 0 Å². The van der Waals surface area contributed by atoms with Crippen LogP contribution < -0.4 is 5.32 Å². The van der Waals surface area contributed by atoms with Crippen LogP contribution in [0.5, 0.6) is 0 Å². The first kappa shape index (κ1) is 9.03. The van der Waals surface area contributed by atoms with Gasteiger partial charge in [0, 0.05) is 5.92 Å². The number of amides is 1. The van der Waals surface area contributed by atoms with Crippen molar-refractivity contribution in [2.24, 2.45) is 11.1 Å². The number of hydrogen-bond donors (Lipinski definition) is 1. The summed E-state index contributed by atoms with van der Waals surface area (Å²) in [5.41, 5.74) is -0.835. The second-order valence-electron chi connectivity index (χ2n) is 3.69. The van der Waals surface area contributed by atoms with Gasteiger partial charge in [-0.15, -0.1) is 0 Å². The lowest BCUT2D eigenvalue weighted by molar-refractivity contribution is -0.144. The van der Waals surface area contributed by atoms with E-state index in [0.29, 0.717) is 5.84 Å². The van der Waals surface area contributed by atoms with E-state index in [1.807, 2.05) is 13.8 Å². The van der Waals surface area contributed by atoms with E-state index >= 15 is 0 Å². The summed E-state index contributed by atoms with van der Waals surface area (Å²) >= 11 is 0. The summed E-state index contributed by atoms with van der Waals surface area (Å²) in [5.74, 6) is 0.644. The van der Waals surface area contributed by atoms with Gasteiger partial charge in [-0.25, -0.2) is 0 Å². The van der Waals surface area contributed by atoms with E-state index in [4.69, 9.17) is 4.84 Å². The van der Waals surface area contributed by atoms with Crippen LogP contribution in [0, 0.1) is 5.92 Å². The molecule has 12 heavy (non-hydrogen) atoms. The molecule has 0 saturated carbocycles. The summed E-state index contributed by atoms with van der Waals surface area (Å²) in [6, 6.07) is 0. The highest BCUT2D eigenvalue weighted by atomic mass is 16.7. The number of nitrogens with one attached hydrogen (secondary N) is 1. The van der Waals surface area contributed by atoms with Gasteiger partial charge in [0.2, 0.25) is 5.60 Å². The molecule has 1 aliphatic heterocycles. The summed E-state index contributed by atoms with van der Waals surface area (Å²) in [6.45, 7) is 7.26. The molecule has 0 atom stereocenters. The predicted molar refractivity (Wildman–Crippen MR) is 45.6 cm³/mol. The number of carbonyl (C=O) groups excluding carboxylic acids is 1. The topological polar surface area (TPSA) is 50.7 Å². The molecule has 0 fully saturated rings. The quantitative estimate of drug-likeness (QED) is 0.635. The SMILES string of the molecule is CC(C)C1=NOC(C)(C)C(=O)N1. The molecule has 0 aromatic rings. The molecule has 0 bridgehead atoms. The molecule has 1 heterocycles. The van der Waals surface area contributed by atoms with E-state index in [1.165, 1.54) is 0 Å². The average Bonchev–Trinajstić information content (AvgIpc) is 1.94. The molecule has 0 aromatic carbocycles. The molecule has 68 valence electrons. The van der Waals surface area contributed by atoms with Gasteiger partial charge in [-0.05, 0) is 13.8 Å². The summed E-state index contributed by atoms with van der Waals surface area (Å²) in [6.07, 6.45) is 0. The van der Waals surface area contributed by atoms with E-state index in [-0.39, 0.29) is 11.8 Å². The third kappa shape index (κ3) is 1.57. The van der Waals surface area contributed by atoms with Crippen LogP contribution in [0.2, 0.25) is 0 Å². The zero-order chi connectivity index (χ0) is 9.35. The maximum Gasteiger partial charge on any atom is 0.271 e. The van der Waals surface area contributed by atoms with Crippen molar-refractivity contribution in [2.45, 2.75) is 33.3 Å². The van der Waals surface area contributed by atoms with Crippen molar-refractivity contribution < 1.29 is 9.63 Å². The Balaban J connectivity index is 2.78. The Morgan fingerprint density at radius 3 is 2.50 bits per heavy atom. The summed E-state index contributed by atoms with van der Waals surface area (Å²) < 4.78 is 0. The first-order chi connectivity index (χ1) is 5.43. The second-order valence-corrected chi connectivity index (χ2v) is 3.69. The van der Waals surface area contributed by atoms with E-state index in [1.54, 1.807) is 13.8 Å². The normalized spacial score (nSPS) is 21.4. The van der Waals surface area contributed by atoms with Crippen LogP contribution in [0.3, 0.4) is 0 Å². The van der Waals surface area contributed by atoms with Crippen molar-refractivity contribution in [3.05, 3.63) is 0 Å². The van der Waals surface area contributed by atoms with Gasteiger partial charge in [-0.2, -0.15) is 0 Å². The number of amidine groups is 1. The number of oxime groups is 1. The Kier molecular flexibility index (Phi) is 2.08. The predicted octanol–water partition coefficient (Wildman–Crippen LogP) is 0.881. The van der Waals surface area contributed by atoms with Gasteiger partial charge in [0.05, 0.1) is 0 Å². The lowest BCUT2D eigenvalue weighted by Gasteiger charge is -2.27. The second kappa shape index (κ2) is 2.77. The van der Waals surface area contributed by atoms with Crippen LogP contribution in [0.15, 0.2) is 5.16 Å². The smallest absolute Gasteiger partial charge is 0.271 e. The highest BCUT2D eigenvalue weighted by molar-refractivity contribution is 6.03. The highest BCUT2D eigenvalue weighted by Crippen LogP contribution is 2.14. The van der Waals surface area contributed by atoms with Crippen molar-refractivity contribution in [3.8, 4) is 0 Å². The molecule has 4 heteroatoms. The fraction of sp³-hybridized carbons (Fsp3) is 0.750. The monoisotopic (exact) mass is 170 g/mol. The van der Waals surface area contributed by atoms with Crippen LogP contribution in [0.4, 0.5) is 0 Å². The molecule has 1 aliphatic rings. The third-order valence-corrected chi connectivity index (χ3v) is 1.71. The Morgan fingerprint density at radius 2 is 2.08 bits per heavy atom. The van der Waals surface area contributed by atoms with Gasteiger partial charge < -0.3 is 10.2 Å². The van der Waals surface area contributed by atoms with Crippen LogP contribution in [0.25, 0.3) is 0 Å². The standard InChI is InChI=1S/C8H14N2O2/c1-5(2)6-9-7(11)8(3,4)12-10-6/h5H,1-4H3,(H,9,10,11). The molecule has 0 spiro atoms. The average molecular weight is 170 g/mol. The minimum atomic E-state index is -0.835. The van der Waals surface area contributed by atoms with Crippen LogP contribution in [-0.2, 0) is 9.63 Å². The zero-order valence-corrected chi connectivity index (χ0v) is 7.84. The maximum absolute atomic E-state index is 11.3. The Morgan fingerprint density at radius 1 is 1.50 bits per heavy atom. The lowest BCUT2D eigenvalue weighted by Crippen LogP contribution is -2.51. The summed E-state index contributed by atoms with van der Waals surface area (Å²) in [5, 5.41) is 6.51. The molecule has 1 N–H and O–H groups in total. The molecular weight excluding hydrogens is 156 g/mol. The number of nitrogens with zero attached hydrogens (tertiary/aromatic N) is 1. The van der Waals surface area contributed by atoms with E-state index < -0.39 is 5.60 Å². The van der Waals surface area contributed by atoms with E-state index in [0.717, 1.165) is 0 Å². The molecule has 1 amide bonds. The van der Waals surface area contributed by atoms with E-state index in [2.05, 4.69) is 10.5 Å². The van der Waals surface area contributed by atoms with Crippen LogP contribution >= 0.6 is 0 Å². The minimum Gasteiger partial charge on any atom is -0.378 e. The third-order valence-electron chi connectivity index (χ3n) is 1.71. The fourth-order valence-corrected chi connectivity index (χ4v) is 0.744. The Labute approximate surface area is 72.0 Å². The van der Waals surface area contributed by atoms with E-state index in [9.17, 15) is 4.79 Å². The number of carbonyl (C=O) groups is 1. The van der Waals surface area contributed by atoms with Crippen molar-refractivity contribution in [3.63, 3.8) is 0 Å². The highest BCUT2D eigenvalue weighted by Gasteiger charge is 2.35. The zero-order valence-electron chi connectivity index (χ0n) is 7.84. The molecular formula is C8H14N2O2. The van der Waals surface area contributed by atoms with Gasteiger partial charge in [-0.1, -0.05) is 19.0 Å². The molecule has 0 radical (unpaired) electrons. The Bertz CT molecular complexity index is 231. The maximum atomic E-state index is 11.3. The van der Waals surface area contributed by atoms with Crippen LogP contribution in [-0.4, -0.2) is 17.3 Å². The molecule has 0 aromatic heterocycles. The van der Waals surface area contributed by atoms with Crippen molar-refractivity contribution in [1.82, 2.24) is 5.32 Å². The summed E-state index contributed by atoms with van der Waals surface area (Å²) in [7, 11) is 0. The molecule has 4 nitrogen and oxygen atoms in total. The van der Waals surface area contributed by atoms with Gasteiger partial charge in [0.15, 0.2) is 5.84 Å². The summed E-state index contributed by atoms with van der Waals surface area (Å²) in [4.78, 5) is 16.3.